The predicted molar refractivity (Wildman–Crippen MR) is 69.2 cm³/mol. The summed E-state index contributed by atoms with van der Waals surface area (Å²) in [5.41, 5.74) is 1.59. The van der Waals surface area contributed by atoms with Crippen LogP contribution < -0.4 is 5.32 Å². The van der Waals surface area contributed by atoms with E-state index in [9.17, 15) is 19.1 Å². The molecule has 2 N–H and O–H groups in total. The average molecular weight is 278 g/mol. The molecule has 2 amide bonds. The van der Waals surface area contributed by atoms with Crippen LogP contribution in [0.3, 0.4) is 0 Å². The predicted octanol–water partition coefficient (Wildman–Crippen LogP) is 1.66. The minimum absolute atomic E-state index is 0.114. The van der Waals surface area contributed by atoms with Gasteiger partial charge >= 0.3 is 12.0 Å². The van der Waals surface area contributed by atoms with Gasteiger partial charge in [-0.1, -0.05) is 24.3 Å². The molecule has 1 aliphatic carbocycles. The fraction of sp³-hybridized carbons (Fsp3) is 0.429. The van der Waals surface area contributed by atoms with E-state index in [4.69, 9.17) is 0 Å². The highest BCUT2D eigenvalue weighted by Crippen LogP contribution is 2.40. The molecular weight excluding hydrogens is 263 g/mol. The van der Waals surface area contributed by atoms with Gasteiger partial charge in [0, 0.05) is 0 Å². The molecule has 0 spiro atoms. The molecule has 2 atom stereocenters. The van der Waals surface area contributed by atoms with E-state index in [0.29, 0.717) is 6.42 Å². The maximum atomic E-state index is 12.7. The fourth-order valence-electron chi connectivity index (χ4n) is 2.84. The highest BCUT2D eigenvalue weighted by Gasteiger charge is 2.38. The lowest BCUT2D eigenvalue weighted by Gasteiger charge is -2.35. The van der Waals surface area contributed by atoms with E-state index in [1.807, 2.05) is 12.1 Å². The topological polar surface area (TPSA) is 69.6 Å². The average Bonchev–Trinajstić information content (AvgIpc) is 2.74. The second-order valence-corrected chi connectivity index (χ2v) is 5.26. The standard InChI is InChI=1S/C14H15FN2O3/c15-8-6-17(7-8)14(20)16-12-5-11(13(18)19)9-3-1-2-4-10(9)12/h1-4,8,11-12H,5-7H2,(H,16,20)(H,18,19). The third kappa shape index (κ3) is 2.11. The second-order valence-electron chi connectivity index (χ2n) is 5.26. The van der Waals surface area contributed by atoms with Gasteiger partial charge in [0.1, 0.15) is 6.17 Å². The molecule has 2 unspecified atom stereocenters. The molecule has 0 aromatic heterocycles. The number of halogens is 1. The van der Waals surface area contributed by atoms with Crippen LogP contribution in [0.1, 0.15) is 29.5 Å². The van der Waals surface area contributed by atoms with Gasteiger partial charge in [-0.05, 0) is 17.5 Å². The third-order valence-corrected chi connectivity index (χ3v) is 3.94. The Morgan fingerprint density at radius 1 is 1.25 bits per heavy atom. The van der Waals surface area contributed by atoms with Crippen molar-refractivity contribution in [1.29, 1.82) is 0 Å². The Morgan fingerprint density at radius 2 is 1.90 bits per heavy atom. The number of carboxylic acid groups (broad SMARTS) is 1. The zero-order valence-corrected chi connectivity index (χ0v) is 10.8. The minimum Gasteiger partial charge on any atom is -0.481 e. The SMILES string of the molecule is O=C(O)C1CC(NC(=O)N2CC(F)C2)c2ccccc21. The van der Waals surface area contributed by atoms with E-state index < -0.39 is 18.1 Å². The summed E-state index contributed by atoms with van der Waals surface area (Å²) in [6.07, 6.45) is -0.601. The number of benzene rings is 1. The number of nitrogens with zero attached hydrogens (tertiary/aromatic N) is 1. The number of carbonyl (C=O) groups is 2. The maximum Gasteiger partial charge on any atom is 0.318 e. The van der Waals surface area contributed by atoms with Gasteiger partial charge in [0.05, 0.1) is 25.0 Å². The Hall–Kier alpha value is -2.11. The number of alkyl halides is 1. The molecule has 1 aromatic rings. The molecule has 6 heteroatoms. The smallest absolute Gasteiger partial charge is 0.318 e. The van der Waals surface area contributed by atoms with Gasteiger partial charge < -0.3 is 15.3 Å². The molecule has 0 saturated carbocycles. The molecule has 3 rings (SSSR count). The summed E-state index contributed by atoms with van der Waals surface area (Å²) in [7, 11) is 0. The van der Waals surface area contributed by atoms with E-state index in [2.05, 4.69) is 5.32 Å². The molecule has 1 heterocycles. The van der Waals surface area contributed by atoms with Crippen molar-refractivity contribution in [2.24, 2.45) is 0 Å². The Morgan fingerprint density at radius 3 is 2.50 bits per heavy atom. The zero-order chi connectivity index (χ0) is 14.3. The summed E-state index contributed by atoms with van der Waals surface area (Å²) < 4.78 is 12.7. The van der Waals surface area contributed by atoms with E-state index in [-0.39, 0.29) is 25.2 Å². The molecule has 20 heavy (non-hydrogen) atoms. The lowest BCUT2D eigenvalue weighted by molar-refractivity contribution is -0.138. The van der Waals surface area contributed by atoms with Crippen LogP contribution in [0.15, 0.2) is 24.3 Å². The molecule has 0 bridgehead atoms. The number of carboxylic acids is 1. The van der Waals surface area contributed by atoms with Crippen LogP contribution >= 0.6 is 0 Å². The highest BCUT2D eigenvalue weighted by atomic mass is 19.1. The molecule has 0 radical (unpaired) electrons. The van der Waals surface area contributed by atoms with Crippen molar-refractivity contribution in [1.82, 2.24) is 10.2 Å². The molecule has 1 aromatic carbocycles. The van der Waals surface area contributed by atoms with Gasteiger partial charge in [-0.3, -0.25) is 4.79 Å². The van der Waals surface area contributed by atoms with Crippen molar-refractivity contribution < 1.29 is 19.1 Å². The molecule has 1 saturated heterocycles. The van der Waals surface area contributed by atoms with Crippen molar-refractivity contribution >= 4 is 12.0 Å². The number of amides is 2. The summed E-state index contributed by atoms with van der Waals surface area (Å²) in [4.78, 5) is 24.6. The number of urea groups is 1. The van der Waals surface area contributed by atoms with Crippen LogP contribution in [0.2, 0.25) is 0 Å². The summed E-state index contributed by atoms with van der Waals surface area (Å²) in [5, 5.41) is 12.0. The van der Waals surface area contributed by atoms with Crippen LogP contribution in [-0.2, 0) is 4.79 Å². The van der Waals surface area contributed by atoms with E-state index in [0.717, 1.165) is 11.1 Å². The second kappa shape index (κ2) is 4.77. The summed E-state index contributed by atoms with van der Waals surface area (Å²) in [6.45, 7) is 0.227. The molecule has 1 aliphatic heterocycles. The summed E-state index contributed by atoms with van der Waals surface area (Å²) in [5.74, 6) is -1.48. The van der Waals surface area contributed by atoms with Crippen LogP contribution in [0.25, 0.3) is 0 Å². The molecule has 5 nitrogen and oxygen atoms in total. The zero-order valence-electron chi connectivity index (χ0n) is 10.8. The molecular formula is C14H15FN2O3. The molecule has 1 fully saturated rings. The third-order valence-electron chi connectivity index (χ3n) is 3.94. The van der Waals surface area contributed by atoms with Gasteiger partial charge in [0.2, 0.25) is 0 Å². The first kappa shape index (κ1) is 12.9. The number of rotatable bonds is 2. The first-order valence-electron chi connectivity index (χ1n) is 6.57. The van der Waals surface area contributed by atoms with Gasteiger partial charge in [-0.2, -0.15) is 0 Å². The summed E-state index contributed by atoms with van der Waals surface area (Å²) >= 11 is 0. The number of carbonyl (C=O) groups excluding carboxylic acids is 1. The van der Waals surface area contributed by atoms with Crippen molar-refractivity contribution in [3.05, 3.63) is 35.4 Å². The van der Waals surface area contributed by atoms with Crippen molar-refractivity contribution in [3.8, 4) is 0 Å². The Kier molecular flexibility index (Phi) is 3.08. The van der Waals surface area contributed by atoms with Gasteiger partial charge in [0.15, 0.2) is 0 Å². The fourth-order valence-corrected chi connectivity index (χ4v) is 2.84. The lowest BCUT2D eigenvalue weighted by atomic mass is 10.0. The lowest BCUT2D eigenvalue weighted by Crippen LogP contribution is -2.55. The summed E-state index contributed by atoms with van der Waals surface area (Å²) in [6, 6.07) is 6.58. The molecule has 2 aliphatic rings. The first-order valence-corrected chi connectivity index (χ1v) is 6.57. The number of likely N-dealkylation sites (tertiary alicyclic amines) is 1. The highest BCUT2D eigenvalue weighted by molar-refractivity contribution is 5.80. The van der Waals surface area contributed by atoms with Crippen molar-refractivity contribution in [3.63, 3.8) is 0 Å². The van der Waals surface area contributed by atoms with Crippen LogP contribution in [-0.4, -0.2) is 41.3 Å². The number of hydrogen-bond donors (Lipinski definition) is 2. The number of hydrogen-bond acceptors (Lipinski definition) is 2. The number of fused-ring (bicyclic) bond motifs is 1. The van der Waals surface area contributed by atoms with E-state index in [1.54, 1.807) is 12.1 Å². The largest absolute Gasteiger partial charge is 0.481 e. The Bertz CT molecular complexity index is 557. The maximum absolute atomic E-state index is 12.7. The van der Waals surface area contributed by atoms with E-state index >= 15 is 0 Å². The van der Waals surface area contributed by atoms with E-state index in [1.165, 1.54) is 4.90 Å². The van der Waals surface area contributed by atoms with Crippen LogP contribution in [0.5, 0.6) is 0 Å². The minimum atomic E-state index is -0.941. The number of nitrogens with one attached hydrogen (secondary N) is 1. The quantitative estimate of drug-likeness (QED) is 0.864. The monoisotopic (exact) mass is 278 g/mol. The van der Waals surface area contributed by atoms with Crippen LogP contribution in [0.4, 0.5) is 9.18 Å². The van der Waals surface area contributed by atoms with Gasteiger partial charge in [-0.15, -0.1) is 0 Å². The van der Waals surface area contributed by atoms with Crippen molar-refractivity contribution in [2.45, 2.75) is 24.6 Å². The Labute approximate surface area is 115 Å². The normalized spacial score (nSPS) is 24.9. The number of aliphatic carboxylic acids is 1. The molecule has 106 valence electrons. The Balaban J connectivity index is 1.75. The van der Waals surface area contributed by atoms with Gasteiger partial charge in [-0.25, -0.2) is 9.18 Å². The van der Waals surface area contributed by atoms with Crippen molar-refractivity contribution in [2.75, 3.05) is 13.1 Å². The van der Waals surface area contributed by atoms with Gasteiger partial charge in [0.25, 0.3) is 0 Å². The van der Waals surface area contributed by atoms with Crippen LogP contribution in [0, 0.1) is 0 Å². The first-order chi connectivity index (χ1) is 9.56.